The maximum absolute atomic E-state index is 12.7. The molecule has 0 atom stereocenters. The Kier molecular flexibility index (Phi) is 5.06. The van der Waals surface area contributed by atoms with Crippen LogP contribution < -0.4 is 4.90 Å². The van der Waals surface area contributed by atoms with Gasteiger partial charge in [0.2, 0.25) is 0 Å². The second kappa shape index (κ2) is 7.79. The van der Waals surface area contributed by atoms with Crippen molar-refractivity contribution in [2.24, 2.45) is 0 Å². The number of carbonyl (C=O) groups is 1. The molecular formula is C19H20N6OS. The van der Waals surface area contributed by atoms with Crippen LogP contribution in [0, 0.1) is 0 Å². The van der Waals surface area contributed by atoms with Crippen LogP contribution in [0.4, 0.5) is 5.82 Å². The fourth-order valence-corrected chi connectivity index (χ4v) is 3.50. The van der Waals surface area contributed by atoms with Crippen molar-refractivity contribution >= 4 is 23.5 Å². The van der Waals surface area contributed by atoms with Gasteiger partial charge in [-0.25, -0.2) is 14.6 Å². The van der Waals surface area contributed by atoms with Gasteiger partial charge in [-0.3, -0.25) is 4.79 Å². The average Bonchev–Trinajstić information content (AvgIpc) is 3.29. The molecule has 1 saturated heterocycles. The highest BCUT2D eigenvalue weighted by atomic mass is 32.2. The minimum atomic E-state index is 0.0854. The highest BCUT2D eigenvalue weighted by molar-refractivity contribution is 7.98. The summed E-state index contributed by atoms with van der Waals surface area (Å²) in [4.78, 5) is 26.6. The number of carbonyl (C=O) groups excluding carboxylic acids is 1. The molecule has 0 N–H and O–H groups in total. The van der Waals surface area contributed by atoms with E-state index >= 15 is 0 Å². The van der Waals surface area contributed by atoms with Crippen LogP contribution >= 0.6 is 11.8 Å². The fourth-order valence-electron chi connectivity index (χ4n) is 3.09. The molecule has 1 fully saturated rings. The minimum absolute atomic E-state index is 0.0854. The van der Waals surface area contributed by atoms with E-state index in [1.165, 1.54) is 0 Å². The molecule has 0 bridgehead atoms. The molecule has 4 rings (SSSR count). The van der Waals surface area contributed by atoms with Crippen LogP contribution in [0.5, 0.6) is 0 Å². The Morgan fingerprint density at radius 2 is 1.78 bits per heavy atom. The van der Waals surface area contributed by atoms with E-state index < -0.39 is 0 Å². The van der Waals surface area contributed by atoms with E-state index in [0.717, 1.165) is 35.2 Å². The number of benzene rings is 1. The number of piperazine rings is 1. The van der Waals surface area contributed by atoms with Gasteiger partial charge in [-0.1, -0.05) is 0 Å². The molecule has 2 aromatic heterocycles. The molecule has 1 aliphatic rings. The number of rotatable bonds is 4. The number of anilines is 1. The Morgan fingerprint density at radius 3 is 2.44 bits per heavy atom. The molecule has 0 saturated carbocycles. The van der Waals surface area contributed by atoms with Gasteiger partial charge in [0.15, 0.2) is 5.82 Å². The van der Waals surface area contributed by atoms with E-state index in [9.17, 15) is 4.79 Å². The number of aromatic nitrogens is 4. The lowest BCUT2D eigenvalue weighted by molar-refractivity contribution is 0.0746. The molecule has 0 aliphatic carbocycles. The standard InChI is InChI=1S/C19H20N6OS/c1-27-16-5-3-15(4-6-16)19(26)24-11-9-23(10-12-24)17-13-18(21-14-20-17)25-8-2-7-22-25/h2-8,13-14H,9-12H2,1H3. The highest BCUT2D eigenvalue weighted by Gasteiger charge is 2.23. The quantitative estimate of drug-likeness (QED) is 0.647. The third kappa shape index (κ3) is 3.80. The van der Waals surface area contributed by atoms with Gasteiger partial charge in [-0.05, 0) is 36.6 Å². The summed E-state index contributed by atoms with van der Waals surface area (Å²) in [5, 5.41) is 4.21. The van der Waals surface area contributed by atoms with Crippen LogP contribution in [0.25, 0.3) is 5.82 Å². The summed E-state index contributed by atoms with van der Waals surface area (Å²) in [5.74, 6) is 1.67. The third-order valence-electron chi connectivity index (χ3n) is 4.61. The molecule has 1 amide bonds. The smallest absolute Gasteiger partial charge is 0.253 e. The zero-order chi connectivity index (χ0) is 18.6. The van der Waals surface area contributed by atoms with Crippen molar-refractivity contribution in [2.75, 3.05) is 37.3 Å². The first kappa shape index (κ1) is 17.5. The maximum atomic E-state index is 12.7. The maximum Gasteiger partial charge on any atom is 0.253 e. The van der Waals surface area contributed by atoms with Crippen LogP contribution in [0.15, 0.2) is 60.0 Å². The van der Waals surface area contributed by atoms with Gasteiger partial charge in [0.05, 0.1) is 0 Å². The van der Waals surface area contributed by atoms with Gasteiger partial charge in [0, 0.05) is 55.1 Å². The minimum Gasteiger partial charge on any atom is -0.353 e. The lowest BCUT2D eigenvalue weighted by atomic mass is 10.2. The van der Waals surface area contributed by atoms with E-state index in [0.29, 0.717) is 13.1 Å². The summed E-state index contributed by atoms with van der Waals surface area (Å²) in [5.41, 5.74) is 0.740. The van der Waals surface area contributed by atoms with Gasteiger partial charge >= 0.3 is 0 Å². The Morgan fingerprint density at radius 1 is 1.04 bits per heavy atom. The zero-order valence-corrected chi connectivity index (χ0v) is 15.8. The normalized spacial score (nSPS) is 14.4. The lowest BCUT2D eigenvalue weighted by Gasteiger charge is -2.35. The van der Waals surface area contributed by atoms with Crippen LogP contribution in [0.3, 0.4) is 0 Å². The number of amides is 1. The first-order valence-electron chi connectivity index (χ1n) is 8.75. The molecule has 7 nitrogen and oxygen atoms in total. The van der Waals surface area contributed by atoms with Crippen molar-refractivity contribution in [1.82, 2.24) is 24.6 Å². The van der Waals surface area contributed by atoms with Crippen molar-refractivity contribution in [2.45, 2.75) is 4.90 Å². The molecule has 0 spiro atoms. The molecule has 27 heavy (non-hydrogen) atoms. The molecule has 1 aliphatic heterocycles. The second-order valence-corrected chi connectivity index (χ2v) is 7.07. The number of nitrogens with zero attached hydrogens (tertiary/aromatic N) is 6. The Hall–Kier alpha value is -2.87. The van der Waals surface area contributed by atoms with Crippen LogP contribution in [0.1, 0.15) is 10.4 Å². The van der Waals surface area contributed by atoms with Crippen molar-refractivity contribution in [1.29, 1.82) is 0 Å². The average molecular weight is 380 g/mol. The Labute approximate surface area is 162 Å². The lowest BCUT2D eigenvalue weighted by Crippen LogP contribution is -2.49. The van der Waals surface area contributed by atoms with E-state index in [4.69, 9.17) is 0 Å². The van der Waals surface area contributed by atoms with Gasteiger partial charge < -0.3 is 9.80 Å². The van der Waals surface area contributed by atoms with Crippen molar-refractivity contribution in [3.63, 3.8) is 0 Å². The topological polar surface area (TPSA) is 67.2 Å². The number of hydrogen-bond donors (Lipinski definition) is 0. The van der Waals surface area contributed by atoms with Gasteiger partial charge in [0.25, 0.3) is 5.91 Å². The molecule has 0 unspecified atom stereocenters. The Balaban J connectivity index is 1.41. The van der Waals surface area contributed by atoms with Gasteiger partial charge in [-0.15, -0.1) is 11.8 Å². The van der Waals surface area contributed by atoms with Crippen molar-refractivity contribution in [3.05, 3.63) is 60.7 Å². The molecule has 3 heterocycles. The summed E-state index contributed by atoms with van der Waals surface area (Å²) >= 11 is 1.67. The largest absolute Gasteiger partial charge is 0.353 e. The monoisotopic (exact) mass is 380 g/mol. The van der Waals surface area contributed by atoms with E-state index in [2.05, 4.69) is 20.0 Å². The first-order chi connectivity index (χ1) is 13.2. The summed E-state index contributed by atoms with van der Waals surface area (Å²) < 4.78 is 1.71. The molecular weight excluding hydrogens is 360 g/mol. The van der Waals surface area contributed by atoms with Gasteiger partial charge in [-0.2, -0.15) is 5.10 Å². The van der Waals surface area contributed by atoms with E-state index in [1.807, 2.05) is 53.8 Å². The summed E-state index contributed by atoms with van der Waals surface area (Å²) in [6, 6.07) is 11.6. The Bertz CT molecular complexity index is 904. The van der Waals surface area contributed by atoms with Crippen molar-refractivity contribution in [3.8, 4) is 5.82 Å². The number of thioether (sulfide) groups is 1. The van der Waals surface area contributed by atoms with Gasteiger partial charge in [0.1, 0.15) is 12.1 Å². The predicted molar refractivity (Wildman–Crippen MR) is 105 cm³/mol. The van der Waals surface area contributed by atoms with Crippen LogP contribution in [-0.4, -0.2) is 63.0 Å². The summed E-state index contributed by atoms with van der Waals surface area (Å²) in [6.45, 7) is 2.82. The predicted octanol–water partition coefficient (Wildman–Crippen LogP) is 2.35. The van der Waals surface area contributed by atoms with Crippen LogP contribution in [-0.2, 0) is 0 Å². The van der Waals surface area contributed by atoms with E-state index in [-0.39, 0.29) is 5.91 Å². The van der Waals surface area contributed by atoms with Crippen LogP contribution in [0.2, 0.25) is 0 Å². The molecule has 8 heteroatoms. The molecule has 3 aromatic rings. The van der Waals surface area contributed by atoms with E-state index in [1.54, 1.807) is 29.0 Å². The number of hydrogen-bond acceptors (Lipinski definition) is 6. The molecule has 138 valence electrons. The third-order valence-corrected chi connectivity index (χ3v) is 5.35. The highest BCUT2D eigenvalue weighted by Crippen LogP contribution is 2.19. The summed E-state index contributed by atoms with van der Waals surface area (Å²) in [6.07, 6.45) is 7.15. The second-order valence-electron chi connectivity index (χ2n) is 6.19. The molecule has 0 radical (unpaired) electrons. The fraction of sp³-hybridized carbons (Fsp3) is 0.263. The van der Waals surface area contributed by atoms with Crippen molar-refractivity contribution < 1.29 is 4.79 Å². The summed E-state index contributed by atoms with van der Waals surface area (Å²) in [7, 11) is 0. The SMILES string of the molecule is CSc1ccc(C(=O)N2CCN(c3cc(-n4cccn4)ncn3)CC2)cc1. The first-order valence-corrected chi connectivity index (χ1v) is 9.97. The molecule has 1 aromatic carbocycles. The zero-order valence-electron chi connectivity index (χ0n) is 15.0.